The van der Waals surface area contributed by atoms with Gasteiger partial charge in [0.25, 0.3) is 0 Å². The largest absolute Gasteiger partial charge is 0.479 e. The minimum absolute atomic E-state index is 0.0978. The van der Waals surface area contributed by atoms with Crippen molar-refractivity contribution in [2.45, 2.75) is 13.0 Å². The lowest BCUT2D eigenvalue weighted by Crippen LogP contribution is -2.24. The Morgan fingerprint density at radius 2 is 2.21 bits per heavy atom. The van der Waals surface area contributed by atoms with Gasteiger partial charge in [-0.05, 0) is 19.1 Å². The van der Waals surface area contributed by atoms with Crippen LogP contribution in [-0.2, 0) is 9.53 Å². The molecule has 1 heterocycles. The fraction of sp³-hybridized carbons (Fsp3) is 0.222. The molecule has 0 aliphatic heterocycles. The van der Waals surface area contributed by atoms with E-state index >= 15 is 0 Å². The quantitative estimate of drug-likeness (QED) is 0.719. The van der Waals surface area contributed by atoms with Crippen LogP contribution in [0.5, 0.6) is 0 Å². The maximum absolute atomic E-state index is 11.2. The highest BCUT2D eigenvalue weighted by Crippen LogP contribution is 2.00. The lowest BCUT2D eigenvalue weighted by atomic mass is 10.3. The van der Waals surface area contributed by atoms with Crippen molar-refractivity contribution in [1.29, 1.82) is 0 Å². The topological polar surface area (TPSA) is 76.5 Å². The number of carboxylic acid groups (broad SMARTS) is 1. The van der Waals surface area contributed by atoms with E-state index in [0.29, 0.717) is 0 Å². The van der Waals surface area contributed by atoms with Crippen molar-refractivity contribution < 1.29 is 19.4 Å². The lowest BCUT2D eigenvalue weighted by Gasteiger charge is -2.07. The number of esters is 1. The second kappa shape index (κ2) is 4.36. The highest BCUT2D eigenvalue weighted by molar-refractivity contribution is 5.89. The molecule has 1 N–H and O–H groups in total. The molecule has 0 bridgehead atoms. The summed E-state index contributed by atoms with van der Waals surface area (Å²) in [7, 11) is 0. The van der Waals surface area contributed by atoms with Crippen molar-refractivity contribution in [3.05, 3.63) is 30.1 Å². The molecule has 14 heavy (non-hydrogen) atoms. The molecule has 0 aliphatic carbocycles. The number of aliphatic carboxylic acids is 1. The summed E-state index contributed by atoms with van der Waals surface area (Å²) in [5.74, 6) is -1.92. The van der Waals surface area contributed by atoms with E-state index in [1.807, 2.05) is 0 Å². The number of rotatable bonds is 3. The van der Waals surface area contributed by atoms with Crippen LogP contribution in [0.25, 0.3) is 0 Å². The molecule has 1 atom stereocenters. The van der Waals surface area contributed by atoms with Crippen LogP contribution < -0.4 is 0 Å². The van der Waals surface area contributed by atoms with Gasteiger partial charge >= 0.3 is 11.9 Å². The number of hydrogen-bond donors (Lipinski definition) is 1. The summed E-state index contributed by atoms with van der Waals surface area (Å²) >= 11 is 0. The SMILES string of the molecule is CC(OC(=O)c1ccccn1)C(=O)O. The molecule has 5 nitrogen and oxygen atoms in total. The van der Waals surface area contributed by atoms with Crippen LogP contribution in [-0.4, -0.2) is 28.1 Å². The standard InChI is InChI=1S/C9H9NO4/c1-6(8(11)12)14-9(13)7-4-2-3-5-10-7/h2-6H,1H3,(H,11,12). The van der Waals surface area contributed by atoms with Crippen LogP contribution >= 0.6 is 0 Å². The molecule has 0 spiro atoms. The van der Waals surface area contributed by atoms with Gasteiger partial charge in [-0.15, -0.1) is 0 Å². The first-order valence-corrected chi connectivity index (χ1v) is 3.96. The number of carbonyl (C=O) groups excluding carboxylic acids is 1. The van der Waals surface area contributed by atoms with Crippen molar-refractivity contribution in [3.8, 4) is 0 Å². The molecule has 74 valence electrons. The van der Waals surface area contributed by atoms with Crippen molar-refractivity contribution >= 4 is 11.9 Å². The van der Waals surface area contributed by atoms with E-state index in [0.717, 1.165) is 0 Å². The van der Waals surface area contributed by atoms with Crippen LogP contribution in [0, 0.1) is 0 Å². The summed E-state index contributed by atoms with van der Waals surface area (Å²) in [6.45, 7) is 1.28. The molecule has 1 unspecified atom stereocenters. The summed E-state index contributed by atoms with van der Waals surface area (Å²) < 4.78 is 4.60. The number of pyridine rings is 1. The third kappa shape index (κ3) is 2.55. The average Bonchev–Trinajstić information content (AvgIpc) is 2.19. The van der Waals surface area contributed by atoms with E-state index in [-0.39, 0.29) is 5.69 Å². The zero-order valence-corrected chi connectivity index (χ0v) is 7.51. The molecular weight excluding hydrogens is 186 g/mol. The molecule has 1 aromatic heterocycles. The Balaban J connectivity index is 2.64. The molecular formula is C9H9NO4. The highest BCUT2D eigenvalue weighted by Gasteiger charge is 2.17. The lowest BCUT2D eigenvalue weighted by molar-refractivity contribution is -0.146. The Kier molecular flexibility index (Phi) is 3.17. The Labute approximate surface area is 80.3 Å². The molecule has 0 radical (unpaired) electrons. The summed E-state index contributed by atoms with van der Waals surface area (Å²) in [6, 6.07) is 4.73. The third-order valence-corrected chi connectivity index (χ3v) is 1.51. The van der Waals surface area contributed by atoms with Crippen molar-refractivity contribution in [3.63, 3.8) is 0 Å². The molecule has 0 fully saturated rings. The van der Waals surface area contributed by atoms with Crippen LogP contribution in [0.15, 0.2) is 24.4 Å². The first-order chi connectivity index (χ1) is 6.61. The predicted octanol–water partition coefficient (Wildman–Crippen LogP) is 0.712. The van der Waals surface area contributed by atoms with E-state index in [9.17, 15) is 9.59 Å². The van der Waals surface area contributed by atoms with Gasteiger partial charge in [0.1, 0.15) is 5.69 Å². The Morgan fingerprint density at radius 3 is 2.71 bits per heavy atom. The molecule has 0 aliphatic rings. The zero-order valence-electron chi connectivity index (χ0n) is 7.51. The average molecular weight is 195 g/mol. The maximum Gasteiger partial charge on any atom is 0.357 e. The maximum atomic E-state index is 11.2. The number of hydrogen-bond acceptors (Lipinski definition) is 4. The molecule has 0 saturated carbocycles. The van der Waals surface area contributed by atoms with E-state index in [4.69, 9.17) is 5.11 Å². The van der Waals surface area contributed by atoms with Crippen molar-refractivity contribution in [2.75, 3.05) is 0 Å². The van der Waals surface area contributed by atoms with Gasteiger partial charge in [0.2, 0.25) is 0 Å². The number of carbonyl (C=O) groups is 2. The molecule has 0 aromatic carbocycles. The van der Waals surface area contributed by atoms with E-state index < -0.39 is 18.0 Å². The number of nitrogens with zero attached hydrogens (tertiary/aromatic N) is 1. The normalized spacial score (nSPS) is 11.8. The van der Waals surface area contributed by atoms with Gasteiger partial charge in [0, 0.05) is 6.20 Å². The summed E-state index contributed by atoms with van der Waals surface area (Å²) in [5.41, 5.74) is 0.0978. The van der Waals surface area contributed by atoms with Gasteiger partial charge in [-0.25, -0.2) is 14.6 Å². The van der Waals surface area contributed by atoms with Gasteiger partial charge in [0.15, 0.2) is 6.10 Å². The summed E-state index contributed by atoms with van der Waals surface area (Å²) in [4.78, 5) is 25.3. The van der Waals surface area contributed by atoms with Gasteiger partial charge in [-0.2, -0.15) is 0 Å². The van der Waals surface area contributed by atoms with E-state index in [2.05, 4.69) is 9.72 Å². The fourth-order valence-electron chi connectivity index (χ4n) is 0.755. The van der Waals surface area contributed by atoms with Crippen LogP contribution in [0.2, 0.25) is 0 Å². The van der Waals surface area contributed by atoms with Crippen molar-refractivity contribution in [1.82, 2.24) is 4.98 Å². The number of ether oxygens (including phenoxy) is 1. The van der Waals surface area contributed by atoms with Crippen LogP contribution in [0.4, 0.5) is 0 Å². The second-order valence-corrected chi connectivity index (χ2v) is 2.60. The monoisotopic (exact) mass is 195 g/mol. The Hall–Kier alpha value is -1.91. The van der Waals surface area contributed by atoms with Gasteiger partial charge < -0.3 is 9.84 Å². The summed E-state index contributed by atoms with van der Waals surface area (Å²) in [6.07, 6.45) is 0.270. The van der Waals surface area contributed by atoms with Crippen LogP contribution in [0.3, 0.4) is 0 Å². The predicted molar refractivity (Wildman–Crippen MR) is 46.8 cm³/mol. The van der Waals surface area contributed by atoms with Crippen molar-refractivity contribution in [2.24, 2.45) is 0 Å². The Bertz CT molecular complexity index is 336. The Morgan fingerprint density at radius 1 is 1.50 bits per heavy atom. The van der Waals surface area contributed by atoms with E-state index in [1.165, 1.54) is 19.2 Å². The molecule has 1 rings (SSSR count). The zero-order chi connectivity index (χ0) is 10.6. The van der Waals surface area contributed by atoms with Gasteiger partial charge in [0.05, 0.1) is 0 Å². The third-order valence-electron chi connectivity index (χ3n) is 1.51. The van der Waals surface area contributed by atoms with Crippen LogP contribution in [0.1, 0.15) is 17.4 Å². The second-order valence-electron chi connectivity index (χ2n) is 2.60. The molecule has 0 amide bonds. The first kappa shape index (κ1) is 10.2. The molecule has 1 aromatic rings. The van der Waals surface area contributed by atoms with Gasteiger partial charge in [-0.3, -0.25) is 0 Å². The summed E-state index contributed by atoms with van der Waals surface area (Å²) in [5, 5.41) is 8.48. The van der Waals surface area contributed by atoms with Gasteiger partial charge in [-0.1, -0.05) is 6.07 Å². The number of aromatic nitrogens is 1. The van der Waals surface area contributed by atoms with E-state index in [1.54, 1.807) is 12.1 Å². The smallest absolute Gasteiger partial charge is 0.357 e. The minimum Gasteiger partial charge on any atom is -0.479 e. The fourth-order valence-corrected chi connectivity index (χ4v) is 0.755. The number of carboxylic acids is 1. The first-order valence-electron chi connectivity index (χ1n) is 3.96. The molecule has 0 saturated heterocycles. The minimum atomic E-state index is -1.19. The highest BCUT2D eigenvalue weighted by atomic mass is 16.6. The molecule has 5 heteroatoms.